The van der Waals surface area contributed by atoms with Crippen LogP contribution in [0.15, 0.2) is 0 Å². The molecule has 1 atom stereocenters. The Balaban J connectivity index is 1.85. The fraction of sp³-hybridized carbons (Fsp3) is 1.00. The van der Waals surface area contributed by atoms with Crippen LogP contribution in [-0.2, 0) is 10.0 Å². The van der Waals surface area contributed by atoms with Gasteiger partial charge in [-0.3, -0.25) is 0 Å². The largest absolute Gasteiger partial charge is 0.315 e. The topological polar surface area (TPSA) is 58.2 Å². The normalized spacial score (nSPS) is 18.6. The molecule has 5 heteroatoms. The van der Waals surface area contributed by atoms with E-state index in [0.29, 0.717) is 5.75 Å². The number of nitrogens with one attached hydrogen (secondary N) is 2. The maximum Gasteiger partial charge on any atom is 0.211 e. The van der Waals surface area contributed by atoms with Crippen LogP contribution >= 0.6 is 0 Å². The quantitative estimate of drug-likeness (QED) is 0.441. The average Bonchev–Trinajstić information content (AvgIpc) is 3.00. The van der Waals surface area contributed by atoms with Crippen LogP contribution in [0.5, 0.6) is 0 Å². The fourth-order valence-electron chi connectivity index (χ4n) is 3.20. The Hall–Kier alpha value is -0.130. The molecular formula is C18H38N2O2S. The molecule has 0 bridgehead atoms. The smallest absolute Gasteiger partial charge is 0.211 e. The van der Waals surface area contributed by atoms with Crippen LogP contribution in [-0.4, -0.2) is 33.3 Å². The standard InChI is InChI=1S/C18H38N2O2S/c1-2-3-4-5-6-7-8-9-10-11-12-13-16-23(21,22)20-18-14-15-19-17-18/h18-20H,2-17H2,1H3/t18-/m1/s1. The van der Waals surface area contributed by atoms with E-state index >= 15 is 0 Å². The molecule has 4 nitrogen and oxygen atoms in total. The lowest BCUT2D eigenvalue weighted by Gasteiger charge is -2.11. The number of hydrogen-bond acceptors (Lipinski definition) is 3. The Bertz CT molecular complexity index is 365. The molecule has 0 saturated carbocycles. The molecule has 0 spiro atoms. The van der Waals surface area contributed by atoms with E-state index in [9.17, 15) is 8.42 Å². The van der Waals surface area contributed by atoms with Gasteiger partial charge >= 0.3 is 0 Å². The second kappa shape index (κ2) is 13.2. The van der Waals surface area contributed by atoms with Gasteiger partial charge in [0.05, 0.1) is 5.75 Å². The fourth-order valence-corrected chi connectivity index (χ4v) is 4.61. The first kappa shape index (κ1) is 20.9. The minimum absolute atomic E-state index is 0.109. The maximum atomic E-state index is 11.9. The molecule has 1 aliphatic rings. The average molecular weight is 347 g/mol. The second-order valence-corrected chi connectivity index (χ2v) is 8.89. The lowest BCUT2D eigenvalue weighted by atomic mass is 10.1. The molecule has 0 unspecified atom stereocenters. The number of sulfonamides is 1. The Morgan fingerprint density at radius 2 is 1.39 bits per heavy atom. The summed E-state index contributed by atoms with van der Waals surface area (Å²) in [5, 5.41) is 3.18. The Morgan fingerprint density at radius 3 is 1.87 bits per heavy atom. The predicted octanol–water partition coefficient (Wildman–Crippen LogP) is 3.97. The van der Waals surface area contributed by atoms with Gasteiger partial charge < -0.3 is 5.32 Å². The first-order valence-electron chi connectivity index (χ1n) is 9.85. The van der Waals surface area contributed by atoms with Crippen molar-refractivity contribution in [1.29, 1.82) is 0 Å². The molecule has 1 heterocycles. The van der Waals surface area contributed by atoms with Gasteiger partial charge in [-0.1, -0.05) is 77.6 Å². The number of rotatable bonds is 15. The molecule has 0 aromatic heterocycles. The minimum atomic E-state index is -3.07. The van der Waals surface area contributed by atoms with Crippen molar-refractivity contribution < 1.29 is 8.42 Å². The zero-order valence-corrected chi connectivity index (χ0v) is 15.9. The lowest BCUT2D eigenvalue weighted by molar-refractivity contribution is 0.540. The van der Waals surface area contributed by atoms with Crippen LogP contribution in [0, 0.1) is 0 Å². The Kier molecular flexibility index (Phi) is 12.0. The Morgan fingerprint density at radius 1 is 0.870 bits per heavy atom. The Labute approximate surface area is 144 Å². The molecule has 0 aromatic rings. The van der Waals surface area contributed by atoms with Gasteiger partial charge in [-0.2, -0.15) is 0 Å². The third kappa shape index (κ3) is 12.0. The summed E-state index contributed by atoms with van der Waals surface area (Å²) in [5.41, 5.74) is 0. The molecule has 0 amide bonds. The van der Waals surface area contributed by atoms with Crippen molar-refractivity contribution in [2.75, 3.05) is 18.8 Å². The SMILES string of the molecule is CCCCCCCCCCCCCCS(=O)(=O)N[C@@H]1CCNC1. The van der Waals surface area contributed by atoms with Crippen molar-refractivity contribution >= 4 is 10.0 Å². The molecule has 1 saturated heterocycles. The third-order valence-electron chi connectivity index (χ3n) is 4.67. The highest BCUT2D eigenvalue weighted by molar-refractivity contribution is 7.89. The summed E-state index contributed by atoms with van der Waals surface area (Å²) < 4.78 is 26.7. The van der Waals surface area contributed by atoms with Gasteiger partial charge in [0.2, 0.25) is 10.0 Å². The van der Waals surface area contributed by atoms with Crippen molar-refractivity contribution in [1.82, 2.24) is 10.0 Å². The van der Waals surface area contributed by atoms with E-state index < -0.39 is 10.0 Å². The van der Waals surface area contributed by atoms with Crippen molar-refractivity contribution in [3.05, 3.63) is 0 Å². The second-order valence-electron chi connectivity index (χ2n) is 7.02. The first-order valence-corrected chi connectivity index (χ1v) is 11.5. The van der Waals surface area contributed by atoms with Crippen molar-refractivity contribution in [2.45, 2.75) is 96.4 Å². The highest BCUT2D eigenvalue weighted by Gasteiger charge is 2.20. The number of hydrogen-bond donors (Lipinski definition) is 2. The van der Waals surface area contributed by atoms with Crippen LogP contribution in [0.4, 0.5) is 0 Å². The van der Waals surface area contributed by atoms with E-state index in [1.165, 1.54) is 64.2 Å². The van der Waals surface area contributed by atoms with Crippen LogP contribution < -0.4 is 10.0 Å². The van der Waals surface area contributed by atoms with E-state index in [-0.39, 0.29) is 6.04 Å². The van der Waals surface area contributed by atoms with Gasteiger partial charge in [-0.25, -0.2) is 13.1 Å². The van der Waals surface area contributed by atoms with Crippen molar-refractivity contribution in [2.24, 2.45) is 0 Å². The first-order chi connectivity index (χ1) is 11.1. The van der Waals surface area contributed by atoms with Gasteiger partial charge in [0.25, 0.3) is 0 Å². The summed E-state index contributed by atoms with van der Waals surface area (Å²) in [6.45, 7) is 3.96. The van der Waals surface area contributed by atoms with E-state index in [1.807, 2.05) is 0 Å². The van der Waals surface area contributed by atoms with Crippen LogP contribution in [0.1, 0.15) is 90.4 Å². The van der Waals surface area contributed by atoms with Gasteiger partial charge in [0.15, 0.2) is 0 Å². The molecule has 1 aliphatic heterocycles. The molecule has 2 N–H and O–H groups in total. The summed E-state index contributed by atoms with van der Waals surface area (Å²) >= 11 is 0. The minimum Gasteiger partial charge on any atom is -0.315 e. The van der Waals surface area contributed by atoms with E-state index in [1.54, 1.807) is 0 Å². The highest BCUT2D eigenvalue weighted by atomic mass is 32.2. The zero-order valence-electron chi connectivity index (χ0n) is 15.1. The zero-order chi connectivity index (χ0) is 16.8. The van der Waals surface area contributed by atoms with Crippen LogP contribution in [0.25, 0.3) is 0 Å². The molecule has 0 aromatic carbocycles. The van der Waals surface area contributed by atoms with Crippen molar-refractivity contribution in [3.8, 4) is 0 Å². The third-order valence-corrected chi connectivity index (χ3v) is 6.19. The molecule has 0 radical (unpaired) electrons. The summed E-state index contributed by atoms with van der Waals surface area (Å²) in [4.78, 5) is 0. The van der Waals surface area contributed by atoms with Crippen LogP contribution in [0.2, 0.25) is 0 Å². The highest BCUT2D eigenvalue weighted by Crippen LogP contribution is 2.12. The molecule has 1 rings (SSSR count). The van der Waals surface area contributed by atoms with Gasteiger partial charge in [0, 0.05) is 12.6 Å². The van der Waals surface area contributed by atoms with Gasteiger partial charge in [-0.15, -0.1) is 0 Å². The molecule has 23 heavy (non-hydrogen) atoms. The van der Waals surface area contributed by atoms with Gasteiger partial charge in [0.1, 0.15) is 0 Å². The van der Waals surface area contributed by atoms with Gasteiger partial charge in [-0.05, 0) is 19.4 Å². The lowest BCUT2D eigenvalue weighted by Crippen LogP contribution is -2.37. The van der Waals surface area contributed by atoms with Crippen LogP contribution in [0.3, 0.4) is 0 Å². The molecular weight excluding hydrogens is 308 g/mol. The molecule has 1 fully saturated rings. The summed E-state index contributed by atoms with van der Waals surface area (Å²) in [6, 6.07) is 0.109. The van der Waals surface area contributed by atoms with Crippen molar-refractivity contribution in [3.63, 3.8) is 0 Å². The maximum absolute atomic E-state index is 11.9. The summed E-state index contributed by atoms with van der Waals surface area (Å²) in [5.74, 6) is 0.293. The summed E-state index contributed by atoms with van der Waals surface area (Å²) in [6.07, 6.45) is 16.1. The molecule has 138 valence electrons. The monoisotopic (exact) mass is 346 g/mol. The molecule has 0 aliphatic carbocycles. The summed E-state index contributed by atoms with van der Waals surface area (Å²) in [7, 11) is -3.07. The number of unbranched alkanes of at least 4 members (excludes halogenated alkanes) is 11. The van der Waals surface area contributed by atoms with E-state index in [0.717, 1.165) is 32.4 Å². The van der Waals surface area contributed by atoms with E-state index in [4.69, 9.17) is 0 Å². The predicted molar refractivity (Wildman–Crippen MR) is 99.3 cm³/mol. The van der Waals surface area contributed by atoms with E-state index in [2.05, 4.69) is 17.0 Å².